The van der Waals surface area contributed by atoms with Gasteiger partial charge in [-0.25, -0.2) is 0 Å². The molecule has 0 radical (unpaired) electrons. The minimum Gasteiger partial charge on any atom is -0.494 e. The number of ether oxygens (including phenoxy) is 2. The van der Waals surface area contributed by atoms with Crippen LogP contribution in [0.1, 0.15) is 25.8 Å². The number of nitrogens with one attached hydrogen (secondary N) is 1. The van der Waals surface area contributed by atoms with Crippen LogP contribution in [0.3, 0.4) is 0 Å². The maximum atomic E-state index is 5.69. The number of benzene rings is 1. The van der Waals surface area contributed by atoms with Crippen molar-refractivity contribution in [1.29, 1.82) is 0 Å². The zero-order valence-electron chi connectivity index (χ0n) is 15.3. The van der Waals surface area contributed by atoms with Gasteiger partial charge in [0.2, 0.25) is 0 Å². The monoisotopic (exact) mass is 333 g/mol. The smallest absolute Gasteiger partial charge is 0.193 e. The Hall–Kier alpha value is -1.75. The third-order valence-electron chi connectivity index (χ3n) is 4.24. The van der Waals surface area contributed by atoms with Crippen molar-refractivity contribution in [2.24, 2.45) is 10.9 Å². The van der Waals surface area contributed by atoms with Gasteiger partial charge in [0.1, 0.15) is 5.75 Å². The molecule has 24 heavy (non-hydrogen) atoms. The Morgan fingerprint density at radius 3 is 2.92 bits per heavy atom. The molecule has 1 unspecified atom stereocenters. The molecule has 0 saturated carbocycles. The molecule has 1 aromatic rings. The topological polar surface area (TPSA) is 46.1 Å². The number of para-hydroxylation sites is 1. The second kappa shape index (κ2) is 10.2. The van der Waals surface area contributed by atoms with Crippen molar-refractivity contribution in [2.75, 3.05) is 46.5 Å². The number of hydrogen-bond donors (Lipinski definition) is 1. The highest BCUT2D eigenvalue weighted by molar-refractivity contribution is 5.80. The van der Waals surface area contributed by atoms with Crippen LogP contribution < -0.4 is 10.1 Å². The first-order valence-corrected chi connectivity index (χ1v) is 9.01. The van der Waals surface area contributed by atoms with E-state index in [0.29, 0.717) is 12.5 Å². The summed E-state index contributed by atoms with van der Waals surface area (Å²) in [5.41, 5.74) is 1.22. The lowest BCUT2D eigenvalue weighted by Gasteiger charge is -2.21. The molecule has 1 atom stereocenters. The molecule has 0 bridgehead atoms. The van der Waals surface area contributed by atoms with E-state index in [1.807, 2.05) is 19.1 Å². The maximum absolute atomic E-state index is 5.69. The van der Waals surface area contributed by atoms with Gasteiger partial charge < -0.3 is 19.7 Å². The molecule has 1 fully saturated rings. The molecule has 1 N–H and O–H groups in total. The molecule has 5 nitrogen and oxygen atoms in total. The summed E-state index contributed by atoms with van der Waals surface area (Å²) in [7, 11) is 1.78. The molecule has 1 heterocycles. The summed E-state index contributed by atoms with van der Waals surface area (Å²) in [4.78, 5) is 7.17. The van der Waals surface area contributed by atoms with E-state index in [9.17, 15) is 0 Å². The summed E-state index contributed by atoms with van der Waals surface area (Å²) in [6.45, 7) is 9.38. The van der Waals surface area contributed by atoms with E-state index in [0.717, 1.165) is 50.9 Å². The molecule has 134 valence electrons. The van der Waals surface area contributed by atoms with Crippen LogP contribution in [0.25, 0.3) is 0 Å². The van der Waals surface area contributed by atoms with Crippen molar-refractivity contribution in [3.8, 4) is 5.75 Å². The number of rotatable bonds is 8. The summed E-state index contributed by atoms with van der Waals surface area (Å²) in [5.74, 6) is 2.60. The Morgan fingerprint density at radius 2 is 2.17 bits per heavy atom. The molecule has 0 aliphatic carbocycles. The van der Waals surface area contributed by atoms with Crippen molar-refractivity contribution in [2.45, 2.75) is 26.7 Å². The number of hydrogen-bond acceptors (Lipinski definition) is 3. The van der Waals surface area contributed by atoms with Crippen molar-refractivity contribution in [1.82, 2.24) is 10.2 Å². The van der Waals surface area contributed by atoms with Gasteiger partial charge in [-0.3, -0.25) is 4.99 Å². The standard InChI is InChI=1S/C19H31N3O2/c1-4-20-19(22-13-11-16(14-22)15-23-3)21-12-10-17-8-6-7-9-18(17)24-5-2/h6-9,16H,4-5,10-15H2,1-3H3,(H,20,21). The van der Waals surface area contributed by atoms with E-state index in [1.54, 1.807) is 7.11 Å². The van der Waals surface area contributed by atoms with Crippen LogP contribution in [-0.2, 0) is 11.2 Å². The molecule has 0 spiro atoms. The molecule has 1 saturated heterocycles. The minimum atomic E-state index is 0.609. The average Bonchev–Trinajstić information content (AvgIpc) is 3.05. The lowest BCUT2D eigenvalue weighted by atomic mass is 10.1. The number of nitrogens with zero attached hydrogens (tertiary/aromatic N) is 2. The molecule has 0 amide bonds. The Kier molecular flexibility index (Phi) is 7.89. The summed E-state index contributed by atoms with van der Waals surface area (Å²) in [6.07, 6.45) is 2.06. The van der Waals surface area contributed by atoms with E-state index < -0.39 is 0 Å². The molecule has 0 aromatic heterocycles. The fourth-order valence-electron chi connectivity index (χ4n) is 3.11. The predicted octanol–water partition coefficient (Wildman–Crippen LogP) is 2.56. The SMILES string of the molecule is CCNC(=NCCc1ccccc1OCC)N1CCC(COC)C1. The molecular weight excluding hydrogens is 302 g/mol. The van der Waals surface area contributed by atoms with Gasteiger partial charge in [0.25, 0.3) is 0 Å². The van der Waals surface area contributed by atoms with Crippen molar-refractivity contribution >= 4 is 5.96 Å². The van der Waals surface area contributed by atoms with Gasteiger partial charge in [-0.1, -0.05) is 18.2 Å². The first-order chi connectivity index (χ1) is 11.8. The van der Waals surface area contributed by atoms with Crippen molar-refractivity contribution in [3.05, 3.63) is 29.8 Å². The van der Waals surface area contributed by atoms with Gasteiger partial charge in [0, 0.05) is 39.2 Å². The third-order valence-corrected chi connectivity index (χ3v) is 4.24. The summed E-state index contributed by atoms with van der Waals surface area (Å²) in [6, 6.07) is 8.23. The molecular formula is C19H31N3O2. The molecule has 1 aliphatic rings. The van der Waals surface area contributed by atoms with E-state index in [1.165, 1.54) is 12.0 Å². The van der Waals surface area contributed by atoms with Gasteiger partial charge in [0.05, 0.1) is 13.2 Å². The quantitative estimate of drug-likeness (QED) is 0.587. The summed E-state index contributed by atoms with van der Waals surface area (Å²) >= 11 is 0. The van der Waals surface area contributed by atoms with Crippen molar-refractivity contribution in [3.63, 3.8) is 0 Å². The highest BCUT2D eigenvalue weighted by Gasteiger charge is 2.24. The highest BCUT2D eigenvalue weighted by atomic mass is 16.5. The van der Waals surface area contributed by atoms with Crippen LogP contribution in [0.2, 0.25) is 0 Å². The second-order valence-corrected chi connectivity index (χ2v) is 6.08. The zero-order chi connectivity index (χ0) is 17.2. The fourth-order valence-corrected chi connectivity index (χ4v) is 3.11. The predicted molar refractivity (Wildman–Crippen MR) is 98.8 cm³/mol. The molecule has 1 aromatic carbocycles. The minimum absolute atomic E-state index is 0.609. The van der Waals surface area contributed by atoms with E-state index in [2.05, 4.69) is 29.3 Å². The number of guanidine groups is 1. The second-order valence-electron chi connectivity index (χ2n) is 6.08. The Bertz CT molecular complexity index is 519. The highest BCUT2D eigenvalue weighted by Crippen LogP contribution is 2.19. The molecule has 1 aliphatic heterocycles. The number of aliphatic imine (C=N–C) groups is 1. The first-order valence-electron chi connectivity index (χ1n) is 9.01. The van der Waals surface area contributed by atoms with Crippen LogP contribution in [-0.4, -0.2) is 57.4 Å². The summed E-state index contributed by atoms with van der Waals surface area (Å²) in [5, 5.41) is 3.42. The van der Waals surface area contributed by atoms with Gasteiger partial charge in [0.15, 0.2) is 5.96 Å². The maximum Gasteiger partial charge on any atom is 0.193 e. The summed E-state index contributed by atoms with van der Waals surface area (Å²) < 4.78 is 11.0. The van der Waals surface area contributed by atoms with Crippen LogP contribution in [0.15, 0.2) is 29.3 Å². The first kappa shape index (κ1) is 18.6. The fraction of sp³-hybridized carbons (Fsp3) is 0.632. The van der Waals surface area contributed by atoms with Crippen LogP contribution in [0.4, 0.5) is 0 Å². The van der Waals surface area contributed by atoms with Gasteiger partial charge in [-0.2, -0.15) is 0 Å². The van der Waals surface area contributed by atoms with Crippen molar-refractivity contribution < 1.29 is 9.47 Å². The largest absolute Gasteiger partial charge is 0.494 e. The lowest BCUT2D eigenvalue weighted by molar-refractivity contribution is 0.157. The number of likely N-dealkylation sites (tertiary alicyclic amines) is 1. The average molecular weight is 333 g/mol. The van der Waals surface area contributed by atoms with E-state index in [4.69, 9.17) is 14.5 Å². The van der Waals surface area contributed by atoms with E-state index in [-0.39, 0.29) is 0 Å². The zero-order valence-corrected chi connectivity index (χ0v) is 15.3. The van der Waals surface area contributed by atoms with Crippen LogP contribution >= 0.6 is 0 Å². The lowest BCUT2D eigenvalue weighted by Crippen LogP contribution is -2.40. The van der Waals surface area contributed by atoms with Crippen LogP contribution in [0, 0.1) is 5.92 Å². The Balaban J connectivity index is 1.94. The van der Waals surface area contributed by atoms with Crippen LogP contribution in [0.5, 0.6) is 5.75 Å². The Labute approximate surface area is 146 Å². The van der Waals surface area contributed by atoms with Gasteiger partial charge in [-0.15, -0.1) is 0 Å². The van der Waals surface area contributed by atoms with Gasteiger partial charge >= 0.3 is 0 Å². The molecule has 5 heteroatoms. The van der Waals surface area contributed by atoms with E-state index >= 15 is 0 Å². The molecule has 2 rings (SSSR count). The third kappa shape index (κ3) is 5.41. The Morgan fingerprint density at radius 1 is 1.33 bits per heavy atom. The number of methoxy groups -OCH3 is 1. The van der Waals surface area contributed by atoms with Gasteiger partial charge in [-0.05, 0) is 38.3 Å². The normalized spacial score (nSPS) is 18.0.